The molecule has 0 aromatic heterocycles. The number of aliphatic hydroxyl groups is 5. The predicted octanol–water partition coefficient (Wildman–Crippen LogP) is 6.84. The zero-order valence-electron chi connectivity index (χ0n) is 79.0. The Morgan fingerprint density at radius 3 is 1.18 bits per heavy atom. The van der Waals surface area contributed by atoms with Crippen molar-refractivity contribution in [1.82, 2.24) is 20.9 Å². The van der Waals surface area contributed by atoms with Gasteiger partial charge in [-0.05, 0) is 110 Å². The molecule has 22 atom stereocenters. The van der Waals surface area contributed by atoms with E-state index in [0.29, 0.717) is 5.56 Å². The number of aliphatic hydroxyl groups excluding tert-OH is 3. The first-order valence-corrected chi connectivity index (χ1v) is 45.9. The first-order chi connectivity index (χ1) is 66.2. The van der Waals surface area contributed by atoms with Crippen LogP contribution in [0.1, 0.15) is 186 Å². The Labute approximate surface area is 805 Å². The van der Waals surface area contributed by atoms with E-state index in [4.69, 9.17) is 52.1 Å². The summed E-state index contributed by atoms with van der Waals surface area (Å²) < 4.78 is 67.0. The molecule has 6 fully saturated rings. The highest BCUT2D eigenvalue weighted by Crippen LogP contribution is 2.67. The number of Topliss-reactive ketones (excluding diaryl/α,β-unsaturated/α-hetero) is 2. The fourth-order valence-corrected chi connectivity index (χ4v) is 21.9. The van der Waals surface area contributed by atoms with Gasteiger partial charge in [0, 0.05) is 107 Å². The van der Waals surface area contributed by atoms with Crippen LogP contribution in [0.15, 0.2) is 216 Å². The molecular formula is C104H112N4O32. The Kier molecular flexibility index (Phi) is 29.4. The van der Waals surface area contributed by atoms with Crippen molar-refractivity contribution in [3.8, 4) is 0 Å². The lowest BCUT2D eigenvalue weighted by Crippen LogP contribution is -2.82. The summed E-state index contributed by atoms with van der Waals surface area (Å²) in [6, 6.07) is 45.0. The number of esters is 9. The number of hydrogen-bond acceptors (Lipinski definition) is 32. The Morgan fingerprint density at radius 2 is 0.814 bits per heavy atom. The Hall–Kier alpha value is -13.6. The van der Waals surface area contributed by atoms with Crippen molar-refractivity contribution in [2.75, 3.05) is 26.3 Å². The number of carbonyl (C=O) groups is 16. The SMILES string of the molecule is CC(=O)OC1C(=O)C2(C)[C@@H](O)C[C@H]3OC[C@@]3(OC(C)=O)[C@H]2[C@H](OC(=O)c2ccccc2)[C@]2(O)C[C@H](OC(=O)[C@H](OC(=O)CCC(=O)NCCN3C(=O)C=CC3=O)[C@@H](NC(=O)c3ccccc3)c3ccccc3)C(C)=C1C2(C)C.CC(=O)OC1C(=O)[C@@]2(C)[C@H]([C@H](OC(=O)c3ccccc3)[C@]3(O)C[C@H](OC(=O)[C@H](O)[C@@H](NC(=O)c4ccccc4)c4ccccc4)C(C)=C1C3(C)C)[C@]1(OC(C)=O)CO[C@@H]1C[C@@H]2O. The van der Waals surface area contributed by atoms with Gasteiger partial charge in [0.25, 0.3) is 23.6 Å². The summed E-state index contributed by atoms with van der Waals surface area (Å²) in [5.41, 5.74) is -15.0. The standard InChI is InChI=1S/C57H61N3O18.C47H51NO14/c1-31-37(75-53(71)47(45(34-16-10-7-11-17-34)59-51(69)35-18-12-8-13-19-35)76-43(67)25-22-40(64)58-26-27-60-41(65)23-24-42(60)66)29-57(72)50(77-52(70)36-20-14-9-15-21-36)48-55(6,38(63)28-39-56(48,30-73-39)78-33(3)62)49(68)46(74-32(2)61)44(31)54(57,4)5;1-25-31(60-43(56)36(52)35(28-16-10-7-11-17-28)48-41(54)29-18-12-8-13-19-29)23-47(57)40(61-42(55)30-20-14-9-15-21-30)38-45(6,32(51)22-33-46(38,24-58-33)62-27(3)50)39(53)37(59-26(2)49)34(25)44(47,4)5/h7-21,23-24,37-39,45-48,50,63,72H,22,25-30H2,1-6H3,(H,58,64)(H,59,69);7-21,31-33,35-38,40,51-52,57H,22-24H2,1-6H3,(H,48,54)/t37-,38-,39+,45-,46?,47+,48-,50-,55?,56-,57+;31-,32-,33+,35-,36+,37?,38-,40-,45+,46-,47+/m00/s1. The monoisotopic (exact) mass is 1930 g/mol. The molecule has 2 saturated heterocycles. The van der Waals surface area contributed by atoms with E-state index in [2.05, 4.69) is 16.0 Å². The van der Waals surface area contributed by atoms with Gasteiger partial charge in [-0.25, -0.2) is 19.2 Å². The average Bonchev–Trinajstić information content (AvgIpc) is 0.807. The summed E-state index contributed by atoms with van der Waals surface area (Å²) in [7, 11) is 0. The molecule has 0 spiro atoms. The molecule has 36 nitrogen and oxygen atoms in total. The maximum atomic E-state index is 15.8. The second-order valence-corrected chi connectivity index (χ2v) is 38.2. The lowest BCUT2D eigenvalue weighted by molar-refractivity contribution is -0.346. The molecular weight excluding hydrogens is 1820 g/mol. The fraction of sp³-hybridized carbons (Fsp3) is 0.442. The third kappa shape index (κ3) is 18.9. The highest BCUT2D eigenvalue weighted by molar-refractivity contribution is 6.13. The minimum absolute atomic E-state index is 0.00289. The van der Waals surface area contributed by atoms with Crippen LogP contribution in [0, 0.1) is 33.5 Å². The highest BCUT2D eigenvalue weighted by atomic mass is 16.7. The predicted molar refractivity (Wildman–Crippen MR) is 487 cm³/mol. The molecule has 0 radical (unpaired) electrons. The van der Waals surface area contributed by atoms with E-state index in [9.17, 15) is 87.9 Å². The third-order valence-corrected chi connectivity index (χ3v) is 29.3. The summed E-state index contributed by atoms with van der Waals surface area (Å²) >= 11 is 0. The van der Waals surface area contributed by atoms with Gasteiger partial charge in [0.1, 0.15) is 53.9 Å². The minimum atomic E-state index is -2.53. The van der Waals surface area contributed by atoms with E-state index in [0.717, 1.165) is 44.7 Å². The first kappa shape index (κ1) is 102. The molecule has 6 aliphatic carbocycles. The summed E-state index contributed by atoms with van der Waals surface area (Å²) in [6.07, 6.45) is -20.7. The molecule has 4 bridgehead atoms. The molecule has 740 valence electrons. The lowest BCUT2D eigenvalue weighted by Gasteiger charge is -2.67. The molecule has 36 heteroatoms. The maximum Gasteiger partial charge on any atom is 0.350 e. The van der Waals surface area contributed by atoms with Gasteiger partial charge in [-0.15, -0.1) is 0 Å². The highest BCUT2D eigenvalue weighted by Gasteiger charge is 2.81. The number of ether oxygens (including phenoxy) is 11. The van der Waals surface area contributed by atoms with Crippen molar-refractivity contribution in [3.63, 3.8) is 0 Å². The van der Waals surface area contributed by atoms with Crippen molar-refractivity contribution in [1.29, 1.82) is 0 Å². The number of nitrogens with one attached hydrogen (secondary N) is 3. The Morgan fingerprint density at radius 1 is 0.457 bits per heavy atom. The number of ketones is 2. The second-order valence-electron chi connectivity index (χ2n) is 38.2. The summed E-state index contributed by atoms with van der Waals surface area (Å²) in [6.45, 7) is 15.3. The quantitative estimate of drug-likeness (QED) is 0.0113. The van der Waals surface area contributed by atoms with Gasteiger partial charge in [0.05, 0.1) is 71.7 Å². The number of rotatable bonds is 27. The molecule has 140 heavy (non-hydrogen) atoms. The van der Waals surface area contributed by atoms with Crippen LogP contribution in [-0.4, -0.2) is 247 Å². The maximum absolute atomic E-state index is 15.8. The number of fused-ring (bicyclic) bond motifs is 10. The number of benzene rings is 6. The molecule has 4 saturated carbocycles. The van der Waals surface area contributed by atoms with Crippen LogP contribution >= 0.6 is 0 Å². The van der Waals surface area contributed by atoms with Crippen LogP contribution in [0.25, 0.3) is 0 Å². The zero-order chi connectivity index (χ0) is 101. The van der Waals surface area contributed by atoms with Crippen LogP contribution < -0.4 is 16.0 Å². The molecule has 6 aromatic carbocycles. The van der Waals surface area contributed by atoms with Gasteiger partial charge in [-0.1, -0.05) is 161 Å². The third-order valence-electron chi connectivity index (χ3n) is 29.3. The van der Waals surface area contributed by atoms with Gasteiger partial charge in [-0.2, -0.15) is 0 Å². The molecule has 8 N–H and O–H groups in total. The summed E-state index contributed by atoms with van der Waals surface area (Å²) in [4.78, 5) is 221. The van der Waals surface area contributed by atoms with Gasteiger partial charge < -0.3 is 93.6 Å². The van der Waals surface area contributed by atoms with Crippen LogP contribution in [0.3, 0.4) is 0 Å². The van der Waals surface area contributed by atoms with Crippen LogP contribution in [0.2, 0.25) is 0 Å². The smallest absolute Gasteiger partial charge is 0.350 e. The van der Waals surface area contributed by atoms with Crippen LogP contribution in [-0.2, 0) is 110 Å². The van der Waals surface area contributed by atoms with Crippen LogP contribution in [0.4, 0.5) is 0 Å². The molecule has 3 unspecified atom stereocenters. The topological polar surface area (TPSA) is 515 Å². The minimum Gasteiger partial charge on any atom is -0.456 e. The normalized spacial score (nSPS) is 30.0. The van der Waals surface area contributed by atoms with E-state index in [1.54, 1.807) is 159 Å². The summed E-state index contributed by atoms with van der Waals surface area (Å²) in [5.74, 6) is -17.1. The van der Waals surface area contributed by atoms with Crippen molar-refractivity contribution < 1.29 is 154 Å². The Bertz CT molecular complexity index is 5940. The second kappa shape index (κ2) is 40.3. The van der Waals surface area contributed by atoms with Crippen molar-refractivity contribution in [3.05, 3.63) is 250 Å². The van der Waals surface area contributed by atoms with E-state index >= 15 is 14.4 Å². The lowest BCUT2D eigenvalue weighted by atomic mass is 9.44. The van der Waals surface area contributed by atoms with Crippen molar-refractivity contribution >= 4 is 94.8 Å². The van der Waals surface area contributed by atoms with Gasteiger partial charge in [0.15, 0.2) is 41.1 Å². The molecule has 3 heterocycles. The number of nitrogens with zero attached hydrogens (tertiary/aromatic N) is 1. The number of hydrogen-bond donors (Lipinski definition) is 8. The van der Waals surface area contributed by atoms with Gasteiger partial charge in [0.2, 0.25) is 12.0 Å². The fourth-order valence-electron chi connectivity index (χ4n) is 21.9. The molecule has 6 aromatic rings. The van der Waals surface area contributed by atoms with E-state index < -0.39 is 262 Å². The molecule has 5 amide bonds. The first-order valence-electron chi connectivity index (χ1n) is 45.9. The number of carbonyl (C=O) groups excluding carboxylic acids is 16. The Balaban J connectivity index is 0.000000229. The average molecular weight is 1930 g/mol. The number of amides is 5. The molecule has 15 rings (SSSR count). The number of imide groups is 1. The summed E-state index contributed by atoms with van der Waals surface area (Å²) in [5, 5.41) is 71.8. The van der Waals surface area contributed by atoms with Crippen molar-refractivity contribution in [2.45, 2.75) is 229 Å². The van der Waals surface area contributed by atoms with Crippen molar-refractivity contribution in [2.24, 2.45) is 33.5 Å². The van der Waals surface area contributed by atoms with E-state index in [1.165, 1.54) is 77.9 Å². The molecule has 9 aliphatic rings. The van der Waals surface area contributed by atoms with E-state index in [1.807, 2.05) is 0 Å². The van der Waals surface area contributed by atoms with Gasteiger partial charge >= 0.3 is 53.7 Å². The molecule has 3 aliphatic heterocycles. The van der Waals surface area contributed by atoms with Crippen LogP contribution in [0.5, 0.6) is 0 Å². The van der Waals surface area contributed by atoms with Gasteiger partial charge in [-0.3, -0.25) is 62.4 Å². The van der Waals surface area contributed by atoms with E-state index in [-0.39, 0.29) is 89.3 Å². The largest absolute Gasteiger partial charge is 0.456 e. The zero-order valence-corrected chi connectivity index (χ0v) is 79.0.